The van der Waals surface area contributed by atoms with Crippen LogP contribution in [0.25, 0.3) is 0 Å². The summed E-state index contributed by atoms with van der Waals surface area (Å²) in [5.41, 5.74) is 6.51. The summed E-state index contributed by atoms with van der Waals surface area (Å²) >= 11 is 0. The van der Waals surface area contributed by atoms with Crippen molar-refractivity contribution in [3.05, 3.63) is 17.8 Å². The fourth-order valence-electron chi connectivity index (χ4n) is 2.71. The van der Waals surface area contributed by atoms with Gasteiger partial charge in [-0.2, -0.15) is 5.26 Å². The van der Waals surface area contributed by atoms with Crippen molar-refractivity contribution in [2.45, 2.75) is 45.1 Å². The van der Waals surface area contributed by atoms with Crippen LogP contribution in [0.3, 0.4) is 0 Å². The maximum atomic E-state index is 9.00. The Hall–Kier alpha value is -1.76. The summed E-state index contributed by atoms with van der Waals surface area (Å²) in [5, 5.41) is 9.00. The molecule has 1 aromatic heterocycles. The Morgan fingerprint density at radius 1 is 1.39 bits per heavy atom. The van der Waals surface area contributed by atoms with Gasteiger partial charge in [0.15, 0.2) is 5.69 Å². The molecule has 0 aliphatic heterocycles. The second-order valence-electron chi connectivity index (χ2n) is 4.80. The summed E-state index contributed by atoms with van der Waals surface area (Å²) in [6.45, 7) is 3.06. The van der Waals surface area contributed by atoms with Crippen molar-refractivity contribution >= 4 is 11.5 Å². The van der Waals surface area contributed by atoms with Crippen LogP contribution in [-0.2, 0) is 0 Å². The fraction of sp³-hybridized carbons (Fsp3) is 0.571. The van der Waals surface area contributed by atoms with E-state index in [1.807, 2.05) is 6.07 Å². The molecule has 18 heavy (non-hydrogen) atoms. The van der Waals surface area contributed by atoms with Crippen LogP contribution in [0.4, 0.5) is 11.5 Å². The summed E-state index contributed by atoms with van der Waals surface area (Å²) in [4.78, 5) is 6.68. The van der Waals surface area contributed by atoms with Crippen LogP contribution in [0.1, 0.15) is 44.7 Å². The number of pyridine rings is 1. The van der Waals surface area contributed by atoms with Crippen LogP contribution < -0.4 is 10.6 Å². The third kappa shape index (κ3) is 2.56. The molecule has 4 heteroatoms. The highest BCUT2D eigenvalue weighted by molar-refractivity contribution is 5.55. The first-order valence-electron chi connectivity index (χ1n) is 6.69. The van der Waals surface area contributed by atoms with E-state index in [2.05, 4.69) is 22.9 Å². The summed E-state index contributed by atoms with van der Waals surface area (Å²) in [6, 6.07) is 6.33. The van der Waals surface area contributed by atoms with Crippen LogP contribution in [0.5, 0.6) is 0 Å². The van der Waals surface area contributed by atoms with E-state index in [9.17, 15) is 0 Å². The van der Waals surface area contributed by atoms with Gasteiger partial charge in [-0.05, 0) is 31.9 Å². The van der Waals surface area contributed by atoms with E-state index in [1.165, 1.54) is 32.1 Å². The molecule has 0 aromatic carbocycles. The number of nitrogens with two attached hydrogens (primary N) is 1. The summed E-state index contributed by atoms with van der Waals surface area (Å²) < 4.78 is 0. The quantitative estimate of drug-likeness (QED) is 0.887. The minimum atomic E-state index is 0.335. The van der Waals surface area contributed by atoms with Gasteiger partial charge in [-0.1, -0.05) is 19.3 Å². The molecule has 2 N–H and O–H groups in total. The number of hydrogen-bond acceptors (Lipinski definition) is 4. The Morgan fingerprint density at radius 2 is 2.11 bits per heavy atom. The Balaban J connectivity index is 2.24. The van der Waals surface area contributed by atoms with E-state index in [0.717, 1.165) is 12.4 Å². The van der Waals surface area contributed by atoms with Crippen molar-refractivity contribution in [2.24, 2.45) is 0 Å². The Labute approximate surface area is 108 Å². The lowest BCUT2D eigenvalue weighted by molar-refractivity contribution is 0.416. The van der Waals surface area contributed by atoms with Gasteiger partial charge in [-0.15, -0.1) is 0 Å². The molecule has 0 unspecified atom stereocenters. The average Bonchev–Trinajstić information content (AvgIpc) is 2.42. The SMILES string of the molecule is CCN(c1ccc(N)c(C#N)n1)C1CCCCC1. The molecule has 1 saturated carbocycles. The largest absolute Gasteiger partial charge is 0.396 e. The second kappa shape index (κ2) is 5.72. The molecule has 4 nitrogen and oxygen atoms in total. The number of nitrogens with zero attached hydrogens (tertiary/aromatic N) is 3. The first kappa shape index (κ1) is 12.7. The molecule has 0 atom stereocenters. The van der Waals surface area contributed by atoms with Crippen LogP contribution >= 0.6 is 0 Å². The third-order valence-electron chi connectivity index (χ3n) is 3.67. The molecule has 1 fully saturated rings. The molecule has 0 bridgehead atoms. The predicted molar refractivity (Wildman–Crippen MR) is 73.3 cm³/mol. The Kier molecular flexibility index (Phi) is 4.03. The van der Waals surface area contributed by atoms with Gasteiger partial charge in [0.2, 0.25) is 0 Å². The smallest absolute Gasteiger partial charge is 0.165 e. The lowest BCUT2D eigenvalue weighted by Gasteiger charge is -2.34. The van der Waals surface area contributed by atoms with Gasteiger partial charge in [-0.25, -0.2) is 4.98 Å². The highest BCUT2D eigenvalue weighted by Crippen LogP contribution is 2.27. The Morgan fingerprint density at radius 3 is 2.72 bits per heavy atom. The number of aromatic nitrogens is 1. The molecular formula is C14H20N4. The van der Waals surface area contributed by atoms with Gasteiger partial charge in [0, 0.05) is 12.6 Å². The van der Waals surface area contributed by atoms with E-state index in [4.69, 9.17) is 11.0 Å². The molecule has 1 aliphatic carbocycles. The summed E-state index contributed by atoms with van der Waals surface area (Å²) in [5.74, 6) is 0.884. The number of hydrogen-bond donors (Lipinski definition) is 1. The van der Waals surface area contributed by atoms with Gasteiger partial charge < -0.3 is 10.6 Å². The summed E-state index contributed by atoms with van der Waals surface area (Å²) in [7, 11) is 0. The number of nitrogen functional groups attached to an aromatic ring is 1. The maximum absolute atomic E-state index is 9.00. The molecule has 0 radical (unpaired) electrons. The van der Waals surface area contributed by atoms with Crippen molar-refractivity contribution in [1.82, 2.24) is 4.98 Å². The van der Waals surface area contributed by atoms with E-state index in [1.54, 1.807) is 6.07 Å². The van der Waals surface area contributed by atoms with E-state index < -0.39 is 0 Å². The van der Waals surface area contributed by atoms with Gasteiger partial charge in [0.05, 0.1) is 5.69 Å². The lowest BCUT2D eigenvalue weighted by atomic mass is 9.94. The van der Waals surface area contributed by atoms with E-state index >= 15 is 0 Å². The van der Waals surface area contributed by atoms with Crippen molar-refractivity contribution in [1.29, 1.82) is 5.26 Å². The standard InChI is InChI=1S/C14H20N4/c1-2-18(11-6-4-3-5-7-11)14-9-8-12(16)13(10-15)17-14/h8-9,11H,2-7,16H2,1H3. The first-order chi connectivity index (χ1) is 8.76. The zero-order valence-electron chi connectivity index (χ0n) is 10.9. The van der Waals surface area contributed by atoms with Gasteiger partial charge in [0.25, 0.3) is 0 Å². The maximum Gasteiger partial charge on any atom is 0.165 e. The number of nitriles is 1. The topological polar surface area (TPSA) is 65.9 Å². The van der Waals surface area contributed by atoms with Gasteiger partial charge >= 0.3 is 0 Å². The van der Waals surface area contributed by atoms with Crippen LogP contribution in [0, 0.1) is 11.3 Å². The summed E-state index contributed by atoms with van der Waals surface area (Å²) in [6.07, 6.45) is 6.37. The zero-order chi connectivity index (χ0) is 13.0. The minimum Gasteiger partial charge on any atom is -0.396 e. The first-order valence-corrected chi connectivity index (χ1v) is 6.69. The van der Waals surface area contributed by atoms with Crippen molar-refractivity contribution < 1.29 is 0 Å². The number of anilines is 2. The van der Waals surface area contributed by atoms with E-state index in [0.29, 0.717) is 17.4 Å². The minimum absolute atomic E-state index is 0.335. The molecule has 96 valence electrons. The molecule has 1 aliphatic rings. The molecule has 0 spiro atoms. The van der Waals surface area contributed by atoms with Crippen LogP contribution in [0.2, 0.25) is 0 Å². The Bertz CT molecular complexity index is 444. The number of rotatable bonds is 3. The molecule has 1 heterocycles. The molecule has 0 amide bonds. The predicted octanol–water partition coefficient (Wildman–Crippen LogP) is 2.69. The van der Waals surface area contributed by atoms with Crippen LogP contribution in [0.15, 0.2) is 12.1 Å². The van der Waals surface area contributed by atoms with Crippen molar-refractivity contribution in [3.8, 4) is 6.07 Å². The van der Waals surface area contributed by atoms with Crippen molar-refractivity contribution in [3.63, 3.8) is 0 Å². The zero-order valence-corrected chi connectivity index (χ0v) is 10.9. The monoisotopic (exact) mass is 244 g/mol. The fourth-order valence-corrected chi connectivity index (χ4v) is 2.71. The molecular weight excluding hydrogens is 224 g/mol. The lowest BCUT2D eigenvalue weighted by Crippen LogP contribution is -2.37. The molecule has 0 saturated heterocycles. The highest BCUT2D eigenvalue weighted by atomic mass is 15.2. The van der Waals surface area contributed by atoms with Crippen LogP contribution in [-0.4, -0.2) is 17.6 Å². The van der Waals surface area contributed by atoms with E-state index in [-0.39, 0.29) is 0 Å². The molecule has 2 rings (SSSR count). The third-order valence-corrected chi connectivity index (χ3v) is 3.67. The van der Waals surface area contributed by atoms with Gasteiger partial charge in [-0.3, -0.25) is 0 Å². The van der Waals surface area contributed by atoms with Gasteiger partial charge in [0.1, 0.15) is 11.9 Å². The highest BCUT2D eigenvalue weighted by Gasteiger charge is 2.21. The second-order valence-corrected chi connectivity index (χ2v) is 4.80. The average molecular weight is 244 g/mol. The molecule has 1 aromatic rings. The normalized spacial score (nSPS) is 16.2. The van der Waals surface area contributed by atoms with Crippen molar-refractivity contribution in [2.75, 3.05) is 17.2 Å².